The summed E-state index contributed by atoms with van der Waals surface area (Å²) < 4.78 is 28.8. The van der Waals surface area contributed by atoms with Crippen LogP contribution in [-0.4, -0.2) is 25.3 Å². The second-order valence-electron chi connectivity index (χ2n) is 4.88. The fourth-order valence-electron chi connectivity index (χ4n) is 2.57. The van der Waals surface area contributed by atoms with Gasteiger partial charge in [-0.2, -0.15) is 4.31 Å². The third-order valence-electron chi connectivity index (χ3n) is 3.52. The summed E-state index contributed by atoms with van der Waals surface area (Å²) >= 11 is 6.69. The molecule has 1 fully saturated rings. The van der Waals surface area contributed by atoms with Crippen LogP contribution >= 0.6 is 31.9 Å². The van der Waals surface area contributed by atoms with E-state index in [0.29, 0.717) is 15.9 Å². The summed E-state index contributed by atoms with van der Waals surface area (Å²) in [5, 5.41) is 0. The molecule has 1 aromatic carbocycles. The third-order valence-corrected chi connectivity index (χ3v) is 6.91. The molecule has 110 valence electrons. The molecule has 1 aliphatic rings. The number of halogens is 2. The lowest BCUT2D eigenvalue weighted by Crippen LogP contribution is -2.39. The highest BCUT2D eigenvalue weighted by Gasteiger charge is 2.33. The van der Waals surface area contributed by atoms with Crippen molar-refractivity contribution in [2.24, 2.45) is 0 Å². The fourth-order valence-corrected chi connectivity index (χ4v) is 5.94. The van der Waals surface area contributed by atoms with Gasteiger partial charge in [0.15, 0.2) is 0 Å². The van der Waals surface area contributed by atoms with Crippen molar-refractivity contribution in [1.82, 2.24) is 4.31 Å². The first-order valence-electron chi connectivity index (χ1n) is 6.54. The minimum absolute atomic E-state index is 0.0912. The molecule has 6 heteroatoms. The van der Waals surface area contributed by atoms with Crippen LogP contribution in [0.15, 0.2) is 44.7 Å². The van der Waals surface area contributed by atoms with Crippen LogP contribution in [0.5, 0.6) is 0 Å². The maximum atomic E-state index is 12.9. The van der Waals surface area contributed by atoms with Crippen LogP contribution in [-0.2, 0) is 10.0 Å². The van der Waals surface area contributed by atoms with E-state index in [2.05, 4.69) is 38.4 Å². The molecule has 0 N–H and O–H groups in total. The first-order valence-corrected chi connectivity index (χ1v) is 9.57. The summed E-state index contributed by atoms with van der Waals surface area (Å²) in [4.78, 5) is 0.314. The van der Waals surface area contributed by atoms with Gasteiger partial charge in [-0.15, -0.1) is 6.58 Å². The Morgan fingerprint density at radius 3 is 2.50 bits per heavy atom. The summed E-state index contributed by atoms with van der Waals surface area (Å²) in [6.45, 7) is 4.05. The molecular weight excluding hydrogens is 406 g/mol. The zero-order valence-electron chi connectivity index (χ0n) is 11.1. The van der Waals surface area contributed by atoms with Crippen molar-refractivity contribution in [3.63, 3.8) is 0 Å². The monoisotopic (exact) mass is 421 g/mol. The van der Waals surface area contributed by atoms with E-state index in [0.717, 1.165) is 30.2 Å². The standard InChI is InChI=1S/C14H17Br2NO2S/c1-2-9-17(12-5-3-4-6-12)20(18,19)14-8-7-11(15)10-13(14)16/h2,7-8,10,12H,1,3-6,9H2. The van der Waals surface area contributed by atoms with Crippen molar-refractivity contribution in [1.29, 1.82) is 0 Å². The molecule has 0 bridgehead atoms. The van der Waals surface area contributed by atoms with E-state index in [1.807, 2.05) is 0 Å². The Labute approximate surface area is 137 Å². The van der Waals surface area contributed by atoms with Gasteiger partial charge in [0.05, 0.1) is 4.90 Å². The molecular formula is C14H17Br2NO2S. The summed E-state index contributed by atoms with van der Waals surface area (Å²) in [6.07, 6.45) is 5.70. The maximum Gasteiger partial charge on any atom is 0.244 e. The number of sulfonamides is 1. The minimum Gasteiger partial charge on any atom is -0.207 e. The normalized spacial score (nSPS) is 16.8. The quantitative estimate of drug-likeness (QED) is 0.662. The summed E-state index contributed by atoms with van der Waals surface area (Å²) in [7, 11) is -3.50. The predicted octanol–water partition coefficient (Wildman–Crippen LogP) is 4.33. The molecule has 20 heavy (non-hydrogen) atoms. The zero-order valence-corrected chi connectivity index (χ0v) is 15.0. The van der Waals surface area contributed by atoms with Crippen LogP contribution in [0.4, 0.5) is 0 Å². The van der Waals surface area contributed by atoms with E-state index >= 15 is 0 Å². The largest absolute Gasteiger partial charge is 0.244 e. The van der Waals surface area contributed by atoms with Gasteiger partial charge in [-0.1, -0.05) is 34.8 Å². The van der Waals surface area contributed by atoms with Gasteiger partial charge in [-0.3, -0.25) is 0 Å². The smallest absolute Gasteiger partial charge is 0.207 e. The van der Waals surface area contributed by atoms with Crippen LogP contribution in [0.2, 0.25) is 0 Å². The molecule has 1 aliphatic carbocycles. The lowest BCUT2D eigenvalue weighted by molar-refractivity contribution is 0.347. The molecule has 0 heterocycles. The Balaban J connectivity index is 2.41. The highest BCUT2D eigenvalue weighted by molar-refractivity contribution is 9.11. The maximum absolute atomic E-state index is 12.9. The van der Waals surface area contributed by atoms with Gasteiger partial charge in [0.2, 0.25) is 10.0 Å². The van der Waals surface area contributed by atoms with Crippen LogP contribution in [0.1, 0.15) is 25.7 Å². The summed E-state index contributed by atoms with van der Waals surface area (Å²) in [6, 6.07) is 5.23. The van der Waals surface area contributed by atoms with Crippen molar-refractivity contribution in [2.45, 2.75) is 36.6 Å². The van der Waals surface area contributed by atoms with Crippen molar-refractivity contribution < 1.29 is 8.42 Å². The molecule has 1 saturated carbocycles. The highest BCUT2D eigenvalue weighted by Crippen LogP contribution is 2.32. The average molecular weight is 423 g/mol. The van der Waals surface area contributed by atoms with Crippen LogP contribution in [0, 0.1) is 0 Å². The Morgan fingerprint density at radius 1 is 1.30 bits per heavy atom. The molecule has 0 aromatic heterocycles. The minimum atomic E-state index is -3.50. The molecule has 0 atom stereocenters. The summed E-state index contributed by atoms with van der Waals surface area (Å²) in [5.74, 6) is 0. The van der Waals surface area contributed by atoms with Gasteiger partial charge >= 0.3 is 0 Å². The molecule has 1 aromatic rings. The Bertz CT molecular complexity index is 595. The van der Waals surface area contributed by atoms with Gasteiger partial charge in [0.1, 0.15) is 0 Å². The van der Waals surface area contributed by atoms with Crippen LogP contribution in [0.3, 0.4) is 0 Å². The first kappa shape index (κ1) is 16.2. The topological polar surface area (TPSA) is 37.4 Å². The molecule has 0 saturated heterocycles. The molecule has 0 radical (unpaired) electrons. The molecule has 0 spiro atoms. The first-order chi connectivity index (χ1) is 9.46. The fraction of sp³-hybridized carbons (Fsp3) is 0.429. The van der Waals surface area contributed by atoms with Gasteiger partial charge in [-0.05, 0) is 47.0 Å². The third kappa shape index (κ3) is 3.35. The average Bonchev–Trinajstić information content (AvgIpc) is 2.88. The second-order valence-corrected chi connectivity index (χ2v) is 8.51. The van der Waals surface area contributed by atoms with E-state index in [1.54, 1.807) is 28.6 Å². The van der Waals surface area contributed by atoms with Crippen molar-refractivity contribution >= 4 is 41.9 Å². The Kier molecular flexibility index (Phi) is 5.45. The van der Waals surface area contributed by atoms with E-state index in [9.17, 15) is 8.42 Å². The van der Waals surface area contributed by atoms with Gasteiger partial charge < -0.3 is 0 Å². The van der Waals surface area contributed by atoms with Gasteiger partial charge in [-0.25, -0.2) is 8.42 Å². The molecule has 0 aliphatic heterocycles. The van der Waals surface area contributed by atoms with E-state index < -0.39 is 10.0 Å². The van der Waals surface area contributed by atoms with Crippen LogP contribution in [0.25, 0.3) is 0 Å². The Morgan fingerprint density at radius 2 is 1.95 bits per heavy atom. The zero-order chi connectivity index (χ0) is 14.8. The van der Waals surface area contributed by atoms with Gasteiger partial charge in [0.25, 0.3) is 0 Å². The molecule has 3 nitrogen and oxygen atoms in total. The second kappa shape index (κ2) is 6.73. The SMILES string of the molecule is C=CCN(C1CCCC1)S(=O)(=O)c1ccc(Br)cc1Br. The van der Waals surface area contributed by atoms with E-state index in [1.165, 1.54) is 0 Å². The molecule has 2 rings (SSSR count). The predicted molar refractivity (Wildman–Crippen MR) is 88.2 cm³/mol. The van der Waals surface area contributed by atoms with E-state index in [4.69, 9.17) is 0 Å². The molecule has 0 unspecified atom stereocenters. The lowest BCUT2D eigenvalue weighted by atomic mass is 10.2. The van der Waals surface area contributed by atoms with Crippen molar-refractivity contribution in [2.75, 3.05) is 6.54 Å². The number of hydrogen-bond acceptors (Lipinski definition) is 2. The number of rotatable bonds is 5. The van der Waals surface area contributed by atoms with Crippen LogP contribution < -0.4 is 0 Å². The number of benzene rings is 1. The van der Waals surface area contributed by atoms with Crippen molar-refractivity contribution in [3.8, 4) is 0 Å². The van der Waals surface area contributed by atoms with E-state index in [-0.39, 0.29) is 6.04 Å². The number of hydrogen-bond donors (Lipinski definition) is 0. The number of nitrogens with zero attached hydrogens (tertiary/aromatic N) is 1. The molecule has 0 amide bonds. The Hall–Kier alpha value is -0.170. The highest BCUT2D eigenvalue weighted by atomic mass is 79.9. The lowest BCUT2D eigenvalue weighted by Gasteiger charge is -2.27. The van der Waals surface area contributed by atoms with Crippen molar-refractivity contribution in [3.05, 3.63) is 39.8 Å². The van der Waals surface area contributed by atoms with Gasteiger partial charge in [0, 0.05) is 21.5 Å². The summed E-state index contributed by atoms with van der Waals surface area (Å²) in [5.41, 5.74) is 0.